The first-order valence-electron chi connectivity index (χ1n) is 8.95. The van der Waals surface area contributed by atoms with Gasteiger partial charge in [-0.15, -0.1) is 0 Å². The standard InChI is InChI=1S/C20H22N4O3/c1-23(26-2)20(25)14-7-8-18-16(13-14)22-19(24-11-9-21-10-12-24)15-5-3-4-6-17(15)27-18/h3-8,13,21H,9-12H2,1-2H3. The molecule has 0 aliphatic carbocycles. The molecule has 1 saturated heterocycles. The summed E-state index contributed by atoms with van der Waals surface area (Å²) in [6.07, 6.45) is 0. The second-order valence-corrected chi connectivity index (χ2v) is 6.44. The Kier molecular flexibility index (Phi) is 4.79. The summed E-state index contributed by atoms with van der Waals surface area (Å²) >= 11 is 0. The summed E-state index contributed by atoms with van der Waals surface area (Å²) in [5, 5.41) is 4.55. The average Bonchev–Trinajstić information content (AvgIpc) is 2.89. The number of nitrogens with one attached hydrogen (secondary N) is 1. The SMILES string of the molecule is CON(C)C(=O)c1ccc2c(c1)N=C(N1CCNCC1)c1ccccc1O2. The van der Waals surface area contributed by atoms with Crippen LogP contribution in [0.2, 0.25) is 0 Å². The van der Waals surface area contributed by atoms with Gasteiger partial charge in [0.15, 0.2) is 5.75 Å². The van der Waals surface area contributed by atoms with Crippen LogP contribution in [-0.4, -0.2) is 62.0 Å². The first-order valence-corrected chi connectivity index (χ1v) is 8.95. The number of carbonyl (C=O) groups excluding carboxylic acids is 1. The number of carbonyl (C=O) groups is 1. The second-order valence-electron chi connectivity index (χ2n) is 6.44. The number of piperazine rings is 1. The maximum absolute atomic E-state index is 12.4. The topological polar surface area (TPSA) is 66.4 Å². The monoisotopic (exact) mass is 366 g/mol. The zero-order valence-electron chi connectivity index (χ0n) is 15.4. The molecule has 140 valence electrons. The average molecular weight is 366 g/mol. The predicted molar refractivity (Wildman–Crippen MR) is 103 cm³/mol. The molecule has 7 nitrogen and oxygen atoms in total. The van der Waals surface area contributed by atoms with E-state index in [0.29, 0.717) is 17.0 Å². The minimum absolute atomic E-state index is 0.235. The molecule has 0 radical (unpaired) electrons. The normalized spacial score (nSPS) is 15.8. The molecule has 0 atom stereocenters. The van der Waals surface area contributed by atoms with E-state index in [1.807, 2.05) is 24.3 Å². The van der Waals surface area contributed by atoms with Crippen molar-refractivity contribution in [3.63, 3.8) is 0 Å². The van der Waals surface area contributed by atoms with Crippen LogP contribution in [0.15, 0.2) is 47.5 Å². The van der Waals surface area contributed by atoms with Crippen molar-refractivity contribution in [2.75, 3.05) is 40.3 Å². The number of amides is 1. The lowest BCUT2D eigenvalue weighted by Gasteiger charge is -2.30. The van der Waals surface area contributed by atoms with Crippen LogP contribution >= 0.6 is 0 Å². The number of benzene rings is 2. The fourth-order valence-electron chi connectivity index (χ4n) is 3.24. The molecule has 2 aliphatic rings. The number of nitrogens with zero attached hydrogens (tertiary/aromatic N) is 3. The molecule has 0 saturated carbocycles. The van der Waals surface area contributed by atoms with E-state index in [1.165, 1.54) is 12.2 Å². The Morgan fingerprint density at radius 2 is 1.96 bits per heavy atom. The summed E-state index contributed by atoms with van der Waals surface area (Å²) in [6.45, 7) is 3.55. The number of hydrogen-bond acceptors (Lipinski definition) is 6. The summed E-state index contributed by atoms with van der Waals surface area (Å²) in [5.74, 6) is 2.03. The highest BCUT2D eigenvalue weighted by Gasteiger charge is 2.24. The van der Waals surface area contributed by atoms with Crippen molar-refractivity contribution in [3.8, 4) is 11.5 Å². The molecule has 2 aromatic carbocycles. The van der Waals surface area contributed by atoms with Crippen molar-refractivity contribution < 1.29 is 14.4 Å². The molecule has 1 amide bonds. The number of para-hydroxylation sites is 1. The molecular formula is C20H22N4O3. The van der Waals surface area contributed by atoms with Gasteiger partial charge in [-0.05, 0) is 30.3 Å². The third-order valence-electron chi connectivity index (χ3n) is 4.76. The van der Waals surface area contributed by atoms with Crippen LogP contribution in [0.5, 0.6) is 11.5 Å². The van der Waals surface area contributed by atoms with Gasteiger partial charge in [0.2, 0.25) is 0 Å². The molecule has 1 N–H and O–H groups in total. The lowest BCUT2D eigenvalue weighted by Crippen LogP contribution is -2.46. The summed E-state index contributed by atoms with van der Waals surface area (Å²) in [4.78, 5) is 24.6. The van der Waals surface area contributed by atoms with E-state index < -0.39 is 0 Å². The number of fused-ring (bicyclic) bond motifs is 2. The Morgan fingerprint density at radius 3 is 2.74 bits per heavy atom. The third-order valence-corrected chi connectivity index (χ3v) is 4.76. The van der Waals surface area contributed by atoms with Gasteiger partial charge in [-0.2, -0.15) is 0 Å². The van der Waals surface area contributed by atoms with Gasteiger partial charge in [0.05, 0.1) is 12.7 Å². The summed E-state index contributed by atoms with van der Waals surface area (Å²) in [5.41, 5.74) is 2.09. The molecule has 2 aliphatic heterocycles. The van der Waals surface area contributed by atoms with Crippen molar-refractivity contribution >= 4 is 17.4 Å². The van der Waals surface area contributed by atoms with Crippen LogP contribution in [0.25, 0.3) is 0 Å². The Hall–Kier alpha value is -2.90. The molecule has 1 fully saturated rings. The second kappa shape index (κ2) is 7.38. The van der Waals surface area contributed by atoms with Crippen LogP contribution in [-0.2, 0) is 4.84 Å². The van der Waals surface area contributed by atoms with Gasteiger partial charge < -0.3 is 15.0 Å². The summed E-state index contributed by atoms with van der Waals surface area (Å²) < 4.78 is 6.13. The van der Waals surface area contributed by atoms with E-state index >= 15 is 0 Å². The van der Waals surface area contributed by atoms with Crippen LogP contribution in [0, 0.1) is 0 Å². The number of hydroxylamine groups is 2. The van der Waals surface area contributed by atoms with Crippen LogP contribution in [0.3, 0.4) is 0 Å². The van der Waals surface area contributed by atoms with E-state index in [9.17, 15) is 4.79 Å². The quantitative estimate of drug-likeness (QED) is 0.827. The molecule has 2 aromatic rings. The van der Waals surface area contributed by atoms with Crippen molar-refractivity contribution in [1.29, 1.82) is 0 Å². The fourth-order valence-corrected chi connectivity index (χ4v) is 3.24. The largest absolute Gasteiger partial charge is 0.454 e. The maximum atomic E-state index is 12.4. The molecule has 0 aromatic heterocycles. The number of amidine groups is 1. The van der Waals surface area contributed by atoms with Gasteiger partial charge >= 0.3 is 0 Å². The lowest BCUT2D eigenvalue weighted by atomic mass is 10.1. The molecule has 4 rings (SSSR count). The Balaban J connectivity index is 1.80. The minimum atomic E-state index is -0.235. The van der Waals surface area contributed by atoms with Gasteiger partial charge in [-0.3, -0.25) is 9.63 Å². The Labute approximate surface area is 158 Å². The Morgan fingerprint density at radius 1 is 1.19 bits per heavy atom. The molecule has 7 heteroatoms. The van der Waals surface area contributed by atoms with Crippen molar-refractivity contribution in [2.45, 2.75) is 0 Å². The van der Waals surface area contributed by atoms with E-state index in [2.05, 4.69) is 10.2 Å². The molecule has 27 heavy (non-hydrogen) atoms. The summed E-state index contributed by atoms with van der Waals surface area (Å²) in [6, 6.07) is 13.2. The smallest absolute Gasteiger partial charge is 0.277 e. The maximum Gasteiger partial charge on any atom is 0.277 e. The highest BCUT2D eigenvalue weighted by Crippen LogP contribution is 2.38. The molecular weight excluding hydrogens is 344 g/mol. The highest BCUT2D eigenvalue weighted by atomic mass is 16.7. The number of aliphatic imine (C=N–C) groups is 1. The van der Waals surface area contributed by atoms with Crippen LogP contribution in [0.1, 0.15) is 15.9 Å². The molecule has 0 unspecified atom stereocenters. The fraction of sp³-hybridized carbons (Fsp3) is 0.300. The van der Waals surface area contributed by atoms with Gasteiger partial charge in [0.25, 0.3) is 5.91 Å². The lowest BCUT2D eigenvalue weighted by molar-refractivity contribution is -0.0756. The van der Waals surface area contributed by atoms with Crippen molar-refractivity contribution in [1.82, 2.24) is 15.3 Å². The van der Waals surface area contributed by atoms with Gasteiger partial charge in [-0.25, -0.2) is 10.1 Å². The third kappa shape index (κ3) is 3.39. The predicted octanol–water partition coefficient (Wildman–Crippen LogP) is 2.41. The zero-order valence-corrected chi connectivity index (χ0v) is 15.4. The van der Waals surface area contributed by atoms with Gasteiger partial charge in [0.1, 0.15) is 17.3 Å². The number of ether oxygens (including phenoxy) is 1. The van der Waals surface area contributed by atoms with Crippen LogP contribution in [0.4, 0.5) is 5.69 Å². The van der Waals surface area contributed by atoms with Crippen molar-refractivity contribution in [3.05, 3.63) is 53.6 Å². The highest BCUT2D eigenvalue weighted by molar-refractivity contribution is 6.04. The zero-order chi connectivity index (χ0) is 18.8. The Bertz CT molecular complexity index is 891. The molecule has 0 bridgehead atoms. The molecule has 0 spiro atoms. The van der Waals surface area contributed by atoms with E-state index in [1.54, 1.807) is 25.2 Å². The van der Waals surface area contributed by atoms with Gasteiger partial charge in [0, 0.05) is 38.8 Å². The van der Waals surface area contributed by atoms with Crippen molar-refractivity contribution in [2.24, 2.45) is 4.99 Å². The number of rotatable bonds is 2. The molecule has 2 heterocycles. The van der Waals surface area contributed by atoms with Crippen LogP contribution < -0.4 is 10.1 Å². The van der Waals surface area contributed by atoms with Gasteiger partial charge in [-0.1, -0.05) is 12.1 Å². The number of hydrogen-bond donors (Lipinski definition) is 1. The van der Waals surface area contributed by atoms with E-state index in [4.69, 9.17) is 14.6 Å². The summed E-state index contributed by atoms with van der Waals surface area (Å²) in [7, 11) is 3.04. The van der Waals surface area contributed by atoms with E-state index in [0.717, 1.165) is 43.3 Å². The first kappa shape index (κ1) is 17.5. The van der Waals surface area contributed by atoms with E-state index in [-0.39, 0.29) is 5.91 Å². The first-order chi connectivity index (χ1) is 13.2. The minimum Gasteiger partial charge on any atom is -0.454 e.